The van der Waals surface area contributed by atoms with Crippen molar-refractivity contribution in [2.24, 2.45) is 4.99 Å². The molecule has 0 radical (unpaired) electrons. The van der Waals surface area contributed by atoms with Crippen molar-refractivity contribution in [2.75, 3.05) is 13.6 Å². The van der Waals surface area contributed by atoms with E-state index in [1.54, 1.807) is 13.4 Å². The lowest BCUT2D eigenvalue weighted by Gasteiger charge is -2.16. The molecule has 1 unspecified atom stereocenters. The van der Waals surface area contributed by atoms with Gasteiger partial charge >= 0.3 is 0 Å². The van der Waals surface area contributed by atoms with Crippen molar-refractivity contribution in [1.29, 1.82) is 0 Å². The fraction of sp³-hybridized carbons (Fsp3) is 0.250. The third-order valence-corrected chi connectivity index (χ3v) is 4.23. The first-order valence-corrected chi connectivity index (χ1v) is 8.71. The van der Waals surface area contributed by atoms with Gasteiger partial charge in [-0.15, -0.1) is 34.2 Å². The van der Waals surface area contributed by atoms with Crippen LogP contribution in [-0.4, -0.2) is 34.3 Å². The Kier molecular flexibility index (Phi) is 8.25. The predicted octanol–water partition coefficient (Wildman–Crippen LogP) is 3.35. The first-order chi connectivity index (χ1) is 12.8. The van der Waals surface area contributed by atoms with Crippen LogP contribution >= 0.6 is 24.0 Å². The molecule has 2 N–H and O–H groups in total. The van der Waals surface area contributed by atoms with Crippen molar-refractivity contribution in [3.8, 4) is 5.69 Å². The fourth-order valence-electron chi connectivity index (χ4n) is 2.72. The molecule has 0 aliphatic rings. The van der Waals surface area contributed by atoms with E-state index in [0.29, 0.717) is 12.5 Å². The summed E-state index contributed by atoms with van der Waals surface area (Å²) in [6.07, 6.45) is 1.72. The average Bonchev–Trinajstić information content (AvgIpc) is 3.18. The summed E-state index contributed by atoms with van der Waals surface area (Å²) in [4.78, 5) is 4.29. The van der Waals surface area contributed by atoms with Crippen LogP contribution in [0.1, 0.15) is 24.2 Å². The molecule has 0 spiro atoms. The minimum absolute atomic E-state index is 0. The molecular weight excluding hydrogens is 451 g/mol. The number of para-hydroxylation sites is 1. The molecule has 0 saturated heterocycles. The molecule has 0 aliphatic carbocycles. The van der Waals surface area contributed by atoms with E-state index in [-0.39, 0.29) is 24.0 Å². The van der Waals surface area contributed by atoms with Gasteiger partial charge in [0.2, 0.25) is 0 Å². The predicted molar refractivity (Wildman–Crippen MR) is 120 cm³/mol. The SMILES string of the molecule is CN=C(NCc1nncn1-c1ccccc1)NCC(C)c1ccccc1.I. The second kappa shape index (κ2) is 10.7. The lowest BCUT2D eigenvalue weighted by Crippen LogP contribution is -2.39. The van der Waals surface area contributed by atoms with Crippen LogP contribution in [0.2, 0.25) is 0 Å². The second-order valence-corrected chi connectivity index (χ2v) is 6.07. The number of nitrogens with one attached hydrogen (secondary N) is 2. The van der Waals surface area contributed by atoms with Gasteiger partial charge in [0, 0.05) is 19.3 Å². The Balaban J connectivity index is 0.00000261. The maximum absolute atomic E-state index is 4.29. The normalized spacial score (nSPS) is 12.1. The minimum Gasteiger partial charge on any atom is -0.356 e. The first kappa shape index (κ1) is 20.9. The van der Waals surface area contributed by atoms with Crippen LogP contribution in [-0.2, 0) is 6.54 Å². The van der Waals surface area contributed by atoms with Crippen LogP contribution in [0.4, 0.5) is 0 Å². The highest BCUT2D eigenvalue weighted by Gasteiger charge is 2.09. The van der Waals surface area contributed by atoms with Gasteiger partial charge in [-0.2, -0.15) is 0 Å². The van der Waals surface area contributed by atoms with Crippen molar-refractivity contribution in [2.45, 2.75) is 19.4 Å². The van der Waals surface area contributed by atoms with Gasteiger partial charge in [0.05, 0.1) is 6.54 Å². The van der Waals surface area contributed by atoms with Gasteiger partial charge in [-0.05, 0) is 23.6 Å². The van der Waals surface area contributed by atoms with Crippen LogP contribution in [0.25, 0.3) is 5.69 Å². The molecule has 0 fully saturated rings. The Morgan fingerprint density at radius 2 is 1.70 bits per heavy atom. The summed E-state index contributed by atoms with van der Waals surface area (Å²) in [5.74, 6) is 1.97. The molecule has 2 aromatic carbocycles. The number of aromatic nitrogens is 3. The van der Waals surface area contributed by atoms with E-state index in [1.165, 1.54) is 5.56 Å². The molecule has 3 rings (SSSR count). The summed E-state index contributed by atoms with van der Waals surface area (Å²) in [5, 5.41) is 14.9. The highest BCUT2D eigenvalue weighted by molar-refractivity contribution is 14.0. The summed E-state index contributed by atoms with van der Waals surface area (Å²) in [7, 11) is 1.77. The lowest BCUT2D eigenvalue weighted by atomic mass is 10.0. The number of rotatable bonds is 6. The topological polar surface area (TPSA) is 67.1 Å². The number of guanidine groups is 1. The average molecular weight is 476 g/mol. The zero-order chi connectivity index (χ0) is 18.2. The zero-order valence-electron chi connectivity index (χ0n) is 15.5. The quantitative estimate of drug-likeness (QED) is 0.326. The van der Waals surface area contributed by atoms with Gasteiger partial charge in [0.15, 0.2) is 11.8 Å². The third-order valence-electron chi connectivity index (χ3n) is 4.23. The lowest BCUT2D eigenvalue weighted by molar-refractivity contribution is 0.690. The summed E-state index contributed by atoms with van der Waals surface area (Å²) in [6.45, 7) is 3.53. The van der Waals surface area contributed by atoms with E-state index >= 15 is 0 Å². The molecule has 1 aromatic heterocycles. The van der Waals surface area contributed by atoms with Crippen LogP contribution in [0.3, 0.4) is 0 Å². The van der Waals surface area contributed by atoms with Crippen molar-refractivity contribution in [1.82, 2.24) is 25.4 Å². The maximum Gasteiger partial charge on any atom is 0.191 e. The monoisotopic (exact) mass is 476 g/mol. The number of hydrogen-bond donors (Lipinski definition) is 2. The molecule has 3 aromatic rings. The Hall–Kier alpha value is -2.42. The Bertz CT molecular complexity index is 832. The molecule has 0 aliphatic heterocycles. The molecule has 142 valence electrons. The maximum atomic E-state index is 4.29. The number of aliphatic imine (C=N–C) groups is 1. The van der Waals surface area contributed by atoms with Crippen LogP contribution in [0.15, 0.2) is 72.0 Å². The molecule has 6 nitrogen and oxygen atoms in total. The van der Waals surface area contributed by atoms with Crippen LogP contribution in [0, 0.1) is 0 Å². The van der Waals surface area contributed by atoms with Crippen molar-refractivity contribution in [3.05, 3.63) is 78.4 Å². The van der Waals surface area contributed by atoms with Gasteiger partial charge in [0.1, 0.15) is 6.33 Å². The minimum atomic E-state index is 0. The van der Waals surface area contributed by atoms with Gasteiger partial charge in [-0.1, -0.05) is 55.5 Å². The number of nitrogens with zero attached hydrogens (tertiary/aromatic N) is 4. The van der Waals surface area contributed by atoms with Crippen molar-refractivity contribution >= 4 is 29.9 Å². The Morgan fingerprint density at radius 1 is 1.04 bits per heavy atom. The smallest absolute Gasteiger partial charge is 0.191 e. The molecule has 0 amide bonds. The van der Waals surface area contributed by atoms with Crippen LogP contribution < -0.4 is 10.6 Å². The summed E-state index contributed by atoms with van der Waals surface area (Å²) in [6, 6.07) is 20.5. The largest absolute Gasteiger partial charge is 0.356 e. The summed E-state index contributed by atoms with van der Waals surface area (Å²) < 4.78 is 1.97. The Morgan fingerprint density at radius 3 is 2.37 bits per heavy atom. The second-order valence-electron chi connectivity index (χ2n) is 6.07. The van der Waals surface area contributed by atoms with Crippen molar-refractivity contribution in [3.63, 3.8) is 0 Å². The third kappa shape index (κ3) is 5.78. The molecule has 1 atom stereocenters. The summed E-state index contributed by atoms with van der Waals surface area (Å²) in [5.41, 5.74) is 2.34. The van der Waals surface area contributed by atoms with Gasteiger partial charge in [-0.25, -0.2) is 0 Å². The molecule has 27 heavy (non-hydrogen) atoms. The van der Waals surface area contributed by atoms with E-state index in [9.17, 15) is 0 Å². The van der Waals surface area contributed by atoms with Crippen LogP contribution in [0.5, 0.6) is 0 Å². The van der Waals surface area contributed by atoms with E-state index in [2.05, 4.69) is 57.0 Å². The highest BCUT2D eigenvalue weighted by atomic mass is 127. The molecule has 0 saturated carbocycles. The summed E-state index contributed by atoms with van der Waals surface area (Å²) >= 11 is 0. The first-order valence-electron chi connectivity index (χ1n) is 8.71. The van der Waals surface area contributed by atoms with Gasteiger partial charge in [0.25, 0.3) is 0 Å². The van der Waals surface area contributed by atoms with Crippen molar-refractivity contribution < 1.29 is 0 Å². The van der Waals surface area contributed by atoms with E-state index in [0.717, 1.165) is 24.0 Å². The van der Waals surface area contributed by atoms with Gasteiger partial charge in [-0.3, -0.25) is 9.56 Å². The molecule has 1 heterocycles. The van der Waals surface area contributed by atoms with Gasteiger partial charge < -0.3 is 10.6 Å². The fourth-order valence-corrected chi connectivity index (χ4v) is 2.72. The highest BCUT2D eigenvalue weighted by Crippen LogP contribution is 2.13. The Labute approximate surface area is 177 Å². The standard InChI is InChI=1S/C20H24N6.HI/c1-16(17-9-5-3-6-10-17)13-22-20(21-2)23-14-19-25-24-15-26(19)18-11-7-4-8-12-18;/h3-12,15-16H,13-14H2,1-2H3,(H2,21,22,23);1H. The zero-order valence-corrected chi connectivity index (χ0v) is 17.9. The van der Waals surface area contributed by atoms with E-state index in [1.807, 2.05) is 41.0 Å². The van der Waals surface area contributed by atoms with E-state index < -0.39 is 0 Å². The molecule has 7 heteroatoms. The number of hydrogen-bond acceptors (Lipinski definition) is 3. The number of halogens is 1. The van der Waals surface area contributed by atoms with E-state index in [4.69, 9.17) is 0 Å². The number of benzene rings is 2. The molecular formula is C20H25IN6. The molecule has 0 bridgehead atoms.